The molecule has 1 saturated heterocycles. The average molecular weight is 248 g/mol. The van der Waals surface area contributed by atoms with Gasteiger partial charge in [-0.3, -0.25) is 0 Å². The van der Waals surface area contributed by atoms with Crippen LogP contribution < -0.4 is 5.73 Å². The van der Waals surface area contributed by atoms with Gasteiger partial charge in [-0.25, -0.2) is 4.98 Å². The molecule has 4 heteroatoms. The molecule has 0 amide bonds. The molecule has 1 fully saturated rings. The van der Waals surface area contributed by atoms with Gasteiger partial charge in [-0.2, -0.15) is 0 Å². The van der Waals surface area contributed by atoms with Crippen molar-refractivity contribution in [2.75, 3.05) is 39.5 Å². The maximum atomic E-state index is 5.70. The first-order valence-corrected chi connectivity index (χ1v) is 6.72. The minimum atomic E-state index is 0.611. The first-order valence-electron chi connectivity index (χ1n) is 6.72. The molecule has 18 heavy (non-hydrogen) atoms. The van der Waals surface area contributed by atoms with Crippen LogP contribution in [0.5, 0.6) is 0 Å². The van der Waals surface area contributed by atoms with E-state index in [4.69, 9.17) is 5.73 Å². The minimum absolute atomic E-state index is 0.611. The Kier molecular flexibility index (Phi) is 4.55. The quantitative estimate of drug-likeness (QED) is 0.876. The third-order valence-electron chi connectivity index (χ3n) is 3.67. The zero-order valence-corrected chi connectivity index (χ0v) is 11.5. The van der Waals surface area contributed by atoms with Gasteiger partial charge >= 0.3 is 0 Å². The molecule has 0 aromatic carbocycles. The predicted molar refractivity (Wildman–Crippen MR) is 75.2 cm³/mol. The highest BCUT2D eigenvalue weighted by Crippen LogP contribution is 2.17. The van der Waals surface area contributed by atoms with E-state index in [9.17, 15) is 0 Å². The Hall–Kier alpha value is -1.13. The Bertz CT molecular complexity index is 372. The van der Waals surface area contributed by atoms with E-state index in [1.54, 1.807) is 0 Å². The van der Waals surface area contributed by atoms with Crippen molar-refractivity contribution in [2.45, 2.75) is 19.4 Å². The highest BCUT2D eigenvalue weighted by molar-refractivity contribution is 5.28. The second-order valence-electron chi connectivity index (χ2n) is 5.50. The number of nitrogen functional groups attached to an aromatic ring is 1. The standard InChI is InChI=1S/C14H24N4/c1-17-8-6-12(7-9-17)10-18(2)11-13-4-3-5-14(15)16-13/h3-5,12H,6-11H2,1-2H3,(H2,15,16). The number of rotatable bonds is 4. The van der Waals surface area contributed by atoms with Crippen LogP contribution in [0.3, 0.4) is 0 Å². The average Bonchev–Trinajstić information content (AvgIpc) is 2.32. The number of likely N-dealkylation sites (tertiary alicyclic amines) is 1. The van der Waals surface area contributed by atoms with Crippen molar-refractivity contribution >= 4 is 5.82 Å². The van der Waals surface area contributed by atoms with Crippen LogP contribution in [-0.2, 0) is 6.54 Å². The molecule has 1 aliphatic rings. The molecule has 0 bridgehead atoms. The lowest BCUT2D eigenvalue weighted by molar-refractivity contribution is 0.172. The maximum absolute atomic E-state index is 5.70. The number of anilines is 1. The lowest BCUT2D eigenvalue weighted by Crippen LogP contribution is -2.35. The third-order valence-corrected chi connectivity index (χ3v) is 3.67. The van der Waals surface area contributed by atoms with Gasteiger partial charge in [0.1, 0.15) is 5.82 Å². The van der Waals surface area contributed by atoms with Crippen LogP contribution in [-0.4, -0.2) is 48.5 Å². The van der Waals surface area contributed by atoms with Crippen LogP contribution in [0.25, 0.3) is 0 Å². The topological polar surface area (TPSA) is 45.4 Å². The summed E-state index contributed by atoms with van der Waals surface area (Å²) in [4.78, 5) is 9.12. The SMILES string of the molecule is CN1CCC(CN(C)Cc2cccc(N)n2)CC1. The van der Waals surface area contributed by atoms with E-state index < -0.39 is 0 Å². The Morgan fingerprint density at radius 3 is 2.78 bits per heavy atom. The first kappa shape index (κ1) is 13.3. The summed E-state index contributed by atoms with van der Waals surface area (Å²) in [6, 6.07) is 5.85. The molecule has 0 spiro atoms. The van der Waals surface area contributed by atoms with Gasteiger partial charge < -0.3 is 15.5 Å². The number of aromatic nitrogens is 1. The van der Waals surface area contributed by atoms with Crippen molar-refractivity contribution in [3.8, 4) is 0 Å². The van der Waals surface area contributed by atoms with Gasteiger partial charge in [0.15, 0.2) is 0 Å². The lowest BCUT2D eigenvalue weighted by atomic mass is 9.96. The monoisotopic (exact) mass is 248 g/mol. The zero-order chi connectivity index (χ0) is 13.0. The number of hydrogen-bond donors (Lipinski definition) is 1. The zero-order valence-electron chi connectivity index (χ0n) is 11.5. The van der Waals surface area contributed by atoms with Gasteiger partial charge in [0, 0.05) is 13.1 Å². The van der Waals surface area contributed by atoms with Crippen LogP contribution in [0.15, 0.2) is 18.2 Å². The van der Waals surface area contributed by atoms with E-state index >= 15 is 0 Å². The van der Waals surface area contributed by atoms with Crippen LogP contribution in [0.1, 0.15) is 18.5 Å². The molecular formula is C14H24N4. The van der Waals surface area contributed by atoms with E-state index in [0.717, 1.165) is 24.7 Å². The second-order valence-corrected chi connectivity index (χ2v) is 5.50. The first-order chi connectivity index (χ1) is 8.63. The van der Waals surface area contributed by atoms with E-state index in [2.05, 4.69) is 28.9 Å². The largest absolute Gasteiger partial charge is 0.384 e. The molecule has 1 aromatic heterocycles. The van der Waals surface area contributed by atoms with Gasteiger partial charge in [0.2, 0.25) is 0 Å². The number of nitrogens with two attached hydrogens (primary N) is 1. The van der Waals surface area contributed by atoms with Gasteiger partial charge in [0.05, 0.1) is 5.69 Å². The molecule has 100 valence electrons. The molecule has 0 saturated carbocycles. The van der Waals surface area contributed by atoms with Gasteiger partial charge in [-0.1, -0.05) is 6.07 Å². The summed E-state index contributed by atoms with van der Waals surface area (Å²) in [6.45, 7) is 4.51. The van der Waals surface area contributed by atoms with Gasteiger partial charge in [-0.15, -0.1) is 0 Å². The van der Waals surface area contributed by atoms with E-state index in [1.807, 2.05) is 18.2 Å². The van der Waals surface area contributed by atoms with Crippen molar-refractivity contribution in [3.05, 3.63) is 23.9 Å². The Morgan fingerprint density at radius 1 is 1.39 bits per heavy atom. The molecule has 4 nitrogen and oxygen atoms in total. The van der Waals surface area contributed by atoms with Crippen molar-refractivity contribution in [1.29, 1.82) is 0 Å². The molecule has 2 rings (SSSR count). The summed E-state index contributed by atoms with van der Waals surface area (Å²) < 4.78 is 0. The fourth-order valence-corrected chi connectivity index (χ4v) is 2.61. The second kappa shape index (κ2) is 6.16. The third kappa shape index (κ3) is 3.96. The van der Waals surface area contributed by atoms with Crippen molar-refractivity contribution < 1.29 is 0 Å². The molecule has 2 heterocycles. The summed E-state index contributed by atoms with van der Waals surface area (Å²) in [6.07, 6.45) is 2.62. The molecule has 0 atom stereocenters. The molecule has 0 radical (unpaired) electrons. The number of hydrogen-bond acceptors (Lipinski definition) is 4. The fourth-order valence-electron chi connectivity index (χ4n) is 2.61. The van der Waals surface area contributed by atoms with Crippen LogP contribution in [0.4, 0.5) is 5.82 Å². The normalized spacial score (nSPS) is 18.4. The lowest BCUT2D eigenvalue weighted by Gasteiger charge is -2.31. The van der Waals surface area contributed by atoms with Crippen LogP contribution in [0.2, 0.25) is 0 Å². The summed E-state index contributed by atoms with van der Waals surface area (Å²) in [5, 5.41) is 0. The molecule has 2 N–H and O–H groups in total. The highest BCUT2D eigenvalue weighted by atomic mass is 15.1. The van der Waals surface area contributed by atoms with E-state index in [0.29, 0.717) is 5.82 Å². The maximum Gasteiger partial charge on any atom is 0.123 e. The molecular weight excluding hydrogens is 224 g/mol. The Morgan fingerprint density at radius 2 is 2.11 bits per heavy atom. The smallest absolute Gasteiger partial charge is 0.123 e. The number of pyridine rings is 1. The molecule has 1 aliphatic heterocycles. The van der Waals surface area contributed by atoms with E-state index in [-0.39, 0.29) is 0 Å². The summed E-state index contributed by atoms with van der Waals surface area (Å²) >= 11 is 0. The van der Waals surface area contributed by atoms with Crippen molar-refractivity contribution in [2.24, 2.45) is 5.92 Å². The summed E-state index contributed by atoms with van der Waals surface area (Å²) in [5.74, 6) is 1.44. The minimum Gasteiger partial charge on any atom is -0.384 e. The number of piperidine rings is 1. The molecule has 0 aliphatic carbocycles. The van der Waals surface area contributed by atoms with Crippen molar-refractivity contribution in [1.82, 2.24) is 14.8 Å². The van der Waals surface area contributed by atoms with E-state index in [1.165, 1.54) is 25.9 Å². The van der Waals surface area contributed by atoms with Crippen LogP contribution in [0, 0.1) is 5.92 Å². The molecule has 1 aromatic rings. The van der Waals surface area contributed by atoms with Gasteiger partial charge in [0.25, 0.3) is 0 Å². The van der Waals surface area contributed by atoms with Crippen LogP contribution >= 0.6 is 0 Å². The number of nitrogens with zero attached hydrogens (tertiary/aromatic N) is 3. The Balaban J connectivity index is 1.80. The summed E-state index contributed by atoms with van der Waals surface area (Å²) in [7, 11) is 4.37. The van der Waals surface area contributed by atoms with Gasteiger partial charge in [-0.05, 0) is 58.1 Å². The highest BCUT2D eigenvalue weighted by Gasteiger charge is 2.18. The predicted octanol–water partition coefficient (Wildman–Crippen LogP) is 1.44. The summed E-state index contributed by atoms with van der Waals surface area (Å²) in [5.41, 5.74) is 6.76. The Labute approximate surface area is 110 Å². The fraction of sp³-hybridized carbons (Fsp3) is 0.643. The van der Waals surface area contributed by atoms with Crippen molar-refractivity contribution in [3.63, 3.8) is 0 Å². The molecule has 0 unspecified atom stereocenters.